The number of aliphatic hydroxyl groups excluding tert-OH is 2. The Balaban J connectivity index is 1.69. The van der Waals surface area contributed by atoms with Gasteiger partial charge in [-0.2, -0.15) is 5.10 Å². The van der Waals surface area contributed by atoms with E-state index in [2.05, 4.69) is 15.1 Å². The van der Waals surface area contributed by atoms with Gasteiger partial charge in [0.25, 0.3) is 0 Å². The van der Waals surface area contributed by atoms with Crippen molar-refractivity contribution in [1.82, 2.24) is 15.1 Å². The number of aryl methyl sites for hydroxylation is 3. The van der Waals surface area contributed by atoms with Crippen LogP contribution in [0.3, 0.4) is 0 Å². The van der Waals surface area contributed by atoms with Crippen LogP contribution in [0.25, 0.3) is 0 Å². The van der Waals surface area contributed by atoms with Crippen molar-refractivity contribution in [2.24, 2.45) is 0 Å². The monoisotopic (exact) mass is 421 g/mol. The first kappa shape index (κ1) is 22.1. The number of rotatable bonds is 2. The molecule has 0 unspecified atom stereocenters. The second kappa shape index (κ2) is 10.4. The van der Waals surface area contributed by atoms with E-state index in [-0.39, 0.29) is 6.61 Å². The topological polar surface area (TPSA) is 81.6 Å². The van der Waals surface area contributed by atoms with E-state index in [1.807, 2.05) is 26.0 Å². The molecule has 0 fully saturated rings. The average Bonchev–Trinajstić information content (AvgIpc) is 3.01. The van der Waals surface area contributed by atoms with Gasteiger partial charge in [-0.1, -0.05) is 18.0 Å². The normalized spacial score (nSPS) is 22.5. The Morgan fingerprint density at radius 1 is 1.17 bits per heavy atom. The number of hydrogen-bond acceptors (Lipinski definition) is 5. The van der Waals surface area contributed by atoms with Crippen LogP contribution in [0.4, 0.5) is 0 Å². The third-order valence-electron chi connectivity index (χ3n) is 5.70. The zero-order chi connectivity index (χ0) is 20.8. The van der Waals surface area contributed by atoms with E-state index in [1.165, 1.54) is 5.56 Å². The molecular formula is C22H32ClN3O3. The molecule has 1 aliphatic heterocycles. The number of halogens is 1. The van der Waals surface area contributed by atoms with Crippen molar-refractivity contribution < 1.29 is 14.9 Å². The molecule has 2 heterocycles. The maximum absolute atomic E-state index is 10.4. The van der Waals surface area contributed by atoms with Gasteiger partial charge in [0.15, 0.2) is 0 Å². The molecule has 2 atom stereocenters. The lowest BCUT2D eigenvalue weighted by molar-refractivity contribution is -0.0163. The van der Waals surface area contributed by atoms with Gasteiger partial charge in [-0.3, -0.25) is 10.00 Å². The molecule has 0 amide bonds. The summed E-state index contributed by atoms with van der Waals surface area (Å²) in [6, 6.07) is 5.58. The number of H-pyrrole nitrogens is 1. The third kappa shape index (κ3) is 6.19. The van der Waals surface area contributed by atoms with Crippen molar-refractivity contribution in [3.05, 3.63) is 45.7 Å². The number of fused-ring (bicyclic) bond motifs is 1. The van der Waals surface area contributed by atoms with Crippen LogP contribution in [0, 0.1) is 13.8 Å². The molecule has 7 heteroatoms. The molecule has 160 valence electrons. The van der Waals surface area contributed by atoms with Crippen LogP contribution in [0.5, 0.6) is 5.75 Å². The van der Waals surface area contributed by atoms with Gasteiger partial charge < -0.3 is 14.9 Å². The molecule has 1 aromatic heterocycles. The summed E-state index contributed by atoms with van der Waals surface area (Å²) >= 11 is 6.15. The van der Waals surface area contributed by atoms with Crippen LogP contribution in [0.1, 0.15) is 48.2 Å². The van der Waals surface area contributed by atoms with Crippen molar-refractivity contribution >= 4 is 11.6 Å². The van der Waals surface area contributed by atoms with Crippen LogP contribution < -0.4 is 4.74 Å². The largest absolute Gasteiger partial charge is 0.491 e. The number of aromatic amines is 1. The van der Waals surface area contributed by atoms with E-state index in [0.717, 1.165) is 61.5 Å². The molecule has 3 N–H and O–H groups in total. The highest BCUT2D eigenvalue weighted by atomic mass is 35.5. The highest BCUT2D eigenvalue weighted by Crippen LogP contribution is 2.26. The molecule has 0 radical (unpaired) electrons. The van der Waals surface area contributed by atoms with Crippen molar-refractivity contribution in [1.29, 1.82) is 0 Å². The smallest absolute Gasteiger partial charge is 0.122 e. The fourth-order valence-electron chi connectivity index (χ4n) is 3.81. The van der Waals surface area contributed by atoms with Gasteiger partial charge in [-0.05, 0) is 69.8 Å². The summed E-state index contributed by atoms with van der Waals surface area (Å²) in [7, 11) is 0. The fourth-order valence-corrected chi connectivity index (χ4v) is 4.00. The minimum Gasteiger partial charge on any atom is -0.491 e. The van der Waals surface area contributed by atoms with Crippen LogP contribution >= 0.6 is 11.6 Å². The quantitative estimate of drug-likeness (QED) is 0.692. The molecule has 0 spiro atoms. The number of benzene rings is 1. The van der Waals surface area contributed by atoms with Gasteiger partial charge in [0.2, 0.25) is 0 Å². The molecule has 0 bridgehead atoms. The third-order valence-corrected chi connectivity index (χ3v) is 5.94. The second-order valence-corrected chi connectivity index (χ2v) is 8.42. The Morgan fingerprint density at radius 3 is 2.76 bits per heavy atom. The first-order valence-electron chi connectivity index (χ1n) is 10.4. The molecule has 0 saturated carbocycles. The van der Waals surface area contributed by atoms with Crippen molar-refractivity contribution in [3.63, 3.8) is 0 Å². The van der Waals surface area contributed by atoms with Gasteiger partial charge >= 0.3 is 0 Å². The van der Waals surface area contributed by atoms with Crippen LogP contribution in [0.15, 0.2) is 18.2 Å². The highest BCUT2D eigenvalue weighted by molar-refractivity contribution is 6.30. The lowest BCUT2D eigenvalue weighted by atomic mass is 10.0. The zero-order valence-electron chi connectivity index (χ0n) is 17.3. The number of aromatic nitrogens is 2. The molecule has 6 nitrogen and oxygen atoms in total. The number of ether oxygens (including phenoxy) is 1. The summed E-state index contributed by atoms with van der Waals surface area (Å²) in [5.74, 6) is 0.741. The summed E-state index contributed by atoms with van der Waals surface area (Å²) in [6.45, 7) is 6.58. The first-order valence-corrected chi connectivity index (χ1v) is 10.8. The summed E-state index contributed by atoms with van der Waals surface area (Å²) in [5, 5.41) is 28.8. The molecule has 29 heavy (non-hydrogen) atoms. The minimum absolute atomic E-state index is 0.0652. The van der Waals surface area contributed by atoms with Gasteiger partial charge in [0.05, 0.1) is 11.8 Å². The fraction of sp³-hybridized carbons (Fsp3) is 0.591. The number of hydrogen-bond donors (Lipinski definition) is 3. The molecule has 3 rings (SSSR count). The van der Waals surface area contributed by atoms with Crippen molar-refractivity contribution in [3.8, 4) is 5.75 Å². The SMILES string of the molecule is Cc1n[nH]c(C)c1CN1CCCCCc2cc(Cl)ccc2OC[C@@H](O)[C@@H](O)CC1. The Morgan fingerprint density at radius 2 is 2.00 bits per heavy atom. The maximum atomic E-state index is 10.4. The van der Waals surface area contributed by atoms with Gasteiger partial charge in [-0.25, -0.2) is 0 Å². The Labute approximate surface area is 177 Å². The lowest BCUT2D eigenvalue weighted by Crippen LogP contribution is -2.36. The standard InChI is InChI=1S/C22H32ClN3O3/c1-15-19(16(2)25-24-15)13-26-10-5-3-4-6-17-12-18(23)7-8-22(17)29-14-21(28)20(27)9-11-26/h7-8,12,20-21,27-28H,3-6,9-11,13-14H2,1-2H3,(H,24,25)/t20-,21+/m0/s1. The summed E-state index contributed by atoms with van der Waals surface area (Å²) in [4.78, 5) is 2.35. The minimum atomic E-state index is -0.930. The summed E-state index contributed by atoms with van der Waals surface area (Å²) in [6.07, 6.45) is 2.85. The Kier molecular flexibility index (Phi) is 7.95. The van der Waals surface area contributed by atoms with E-state index in [0.29, 0.717) is 18.0 Å². The zero-order valence-corrected chi connectivity index (χ0v) is 18.1. The van der Waals surface area contributed by atoms with E-state index < -0.39 is 12.2 Å². The summed E-state index contributed by atoms with van der Waals surface area (Å²) < 4.78 is 5.82. The highest BCUT2D eigenvalue weighted by Gasteiger charge is 2.20. The second-order valence-electron chi connectivity index (χ2n) is 7.99. The van der Waals surface area contributed by atoms with Crippen molar-refractivity contribution in [2.75, 3.05) is 19.7 Å². The predicted molar refractivity (Wildman–Crippen MR) is 114 cm³/mol. The van der Waals surface area contributed by atoms with Crippen LogP contribution in [0.2, 0.25) is 5.02 Å². The number of nitrogens with one attached hydrogen (secondary N) is 1. The van der Waals surface area contributed by atoms with Crippen molar-refractivity contribution in [2.45, 2.75) is 64.7 Å². The van der Waals surface area contributed by atoms with Gasteiger partial charge in [-0.15, -0.1) is 0 Å². The van der Waals surface area contributed by atoms with E-state index >= 15 is 0 Å². The molecule has 1 aliphatic rings. The summed E-state index contributed by atoms with van der Waals surface area (Å²) in [5.41, 5.74) is 4.37. The maximum Gasteiger partial charge on any atom is 0.122 e. The van der Waals surface area contributed by atoms with Gasteiger partial charge in [0, 0.05) is 29.4 Å². The van der Waals surface area contributed by atoms with E-state index in [1.54, 1.807) is 6.07 Å². The van der Waals surface area contributed by atoms with Crippen LogP contribution in [-0.2, 0) is 13.0 Å². The first-order chi connectivity index (χ1) is 13.9. The van der Waals surface area contributed by atoms with Crippen LogP contribution in [-0.4, -0.2) is 57.2 Å². The Hall–Kier alpha value is -1.60. The molecule has 1 aromatic carbocycles. The molecule has 0 aliphatic carbocycles. The van der Waals surface area contributed by atoms with E-state index in [9.17, 15) is 10.2 Å². The predicted octanol–water partition coefficient (Wildman–Crippen LogP) is 3.40. The Bertz CT molecular complexity index is 776. The molecule has 0 saturated heterocycles. The number of aliphatic hydroxyl groups is 2. The van der Waals surface area contributed by atoms with Gasteiger partial charge in [0.1, 0.15) is 18.5 Å². The molecule has 2 aromatic rings. The molecular weight excluding hydrogens is 390 g/mol. The van der Waals surface area contributed by atoms with E-state index in [4.69, 9.17) is 16.3 Å². The lowest BCUT2D eigenvalue weighted by Gasteiger charge is -2.26. The number of nitrogens with zero attached hydrogens (tertiary/aromatic N) is 2. The average molecular weight is 422 g/mol.